The van der Waals surface area contributed by atoms with Gasteiger partial charge >= 0.3 is 0 Å². The second kappa shape index (κ2) is 9.04. The molecule has 1 heterocycles. The van der Waals surface area contributed by atoms with Crippen LogP contribution in [0.5, 0.6) is 0 Å². The summed E-state index contributed by atoms with van der Waals surface area (Å²) in [7, 11) is -3.64. The number of carbonyl (C=O) groups is 1. The fourth-order valence-corrected chi connectivity index (χ4v) is 6.01. The zero-order valence-corrected chi connectivity index (χ0v) is 17.1. The van der Waals surface area contributed by atoms with Crippen LogP contribution in [0, 0.1) is 0 Å². The van der Waals surface area contributed by atoms with E-state index in [1.54, 1.807) is 12.1 Å². The molecule has 0 radical (unpaired) electrons. The van der Waals surface area contributed by atoms with E-state index in [-0.39, 0.29) is 10.0 Å². The van der Waals surface area contributed by atoms with Gasteiger partial charge in [0.15, 0.2) is 0 Å². The molecular weight excluding hydrogens is 378 g/mol. The highest BCUT2D eigenvalue weighted by atomic mass is 32.2. The number of aryl methyl sites for hydroxylation is 2. The first-order valence-corrected chi connectivity index (χ1v) is 11.8. The molecule has 1 fully saturated rings. The second-order valence-corrected chi connectivity index (χ2v) is 9.66. The van der Waals surface area contributed by atoms with Gasteiger partial charge in [0.05, 0.1) is 10.9 Å². The Hall–Kier alpha value is -1.63. The van der Waals surface area contributed by atoms with Gasteiger partial charge in [-0.2, -0.15) is 4.31 Å². The smallest absolute Gasteiger partial charge is 0.243 e. The number of carbonyl (C=O) groups excluding carboxylic acids is 1. The molecule has 3 rings (SSSR count). The average molecular weight is 404 g/mol. The maximum atomic E-state index is 13.0. The molecule has 0 aliphatic carbocycles. The normalized spacial score (nSPS) is 17.9. The van der Waals surface area contributed by atoms with Crippen molar-refractivity contribution in [2.24, 2.45) is 0 Å². The highest BCUT2D eigenvalue weighted by Gasteiger charge is 2.39. The zero-order valence-electron chi connectivity index (χ0n) is 15.5. The van der Waals surface area contributed by atoms with E-state index in [1.807, 2.05) is 49.4 Å². The van der Waals surface area contributed by atoms with Gasteiger partial charge in [0.2, 0.25) is 15.1 Å². The number of hydrogen-bond donors (Lipinski definition) is 0. The quantitative estimate of drug-likeness (QED) is 0.703. The summed E-state index contributed by atoms with van der Waals surface area (Å²) in [5, 5.41) is -0.0443. The van der Waals surface area contributed by atoms with Gasteiger partial charge < -0.3 is 0 Å². The monoisotopic (exact) mass is 403 g/mol. The van der Waals surface area contributed by atoms with Crippen LogP contribution in [0.4, 0.5) is 0 Å². The molecule has 1 aliphatic rings. The fraction of sp³-hybridized carbons (Fsp3) is 0.381. The van der Waals surface area contributed by atoms with E-state index in [2.05, 4.69) is 0 Å². The Morgan fingerprint density at radius 2 is 1.78 bits per heavy atom. The molecule has 0 amide bonds. The molecule has 0 spiro atoms. The number of hydrogen-bond acceptors (Lipinski definition) is 4. The molecule has 2 aromatic rings. The summed E-state index contributed by atoms with van der Waals surface area (Å²) in [6.07, 6.45) is 2.99. The molecule has 0 bridgehead atoms. The summed E-state index contributed by atoms with van der Waals surface area (Å²) in [6, 6.07) is 16.4. The molecule has 6 heteroatoms. The Morgan fingerprint density at radius 1 is 1.07 bits per heavy atom. The van der Waals surface area contributed by atoms with Crippen LogP contribution in [-0.4, -0.2) is 36.2 Å². The van der Waals surface area contributed by atoms with Crippen molar-refractivity contribution in [2.45, 2.75) is 43.5 Å². The van der Waals surface area contributed by atoms with Crippen molar-refractivity contribution < 1.29 is 13.2 Å². The molecule has 27 heavy (non-hydrogen) atoms. The predicted molar refractivity (Wildman–Crippen MR) is 110 cm³/mol. The van der Waals surface area contributed by atoms with Crippen LogP contribution < -0.4 is 0 Å². The molecule has 144 valence electrons. The van der Waals surface area contributed by atoms with E-state index in [9.17, 15) is 13.2 Å². The van der Waals surface area contributed by atoms with Gasteiger partial charge in [-0.1, -0.05) is 61.2 Å². The summed E-state index contributed by atoms with van der Waals surface area (Å²) in [5.41, 5.74) is 2.28. The Bertz CT molecular complexity index is 864. The summed E-state index contributed by atoms with van der Waals surface area (Å²) >= 11 is 1.24. The van der Waals surface area contributed by atoms with Crippen LogP contribution in [-0.2, 0) is 27.7 Å². The zero-order chi connectivity index (χ0) is 19.3. The number of thioether (sulfide) groups is 1. The lowest BCUT2D eigenvalue weighted by molar-refractivity contribution is -0.113. The van der Waals surface area contributed by atoms with Crippen LogP contribution in [0.15, 0.2) is 59.5 Å². The van der Waals surface area contributed by atoms with Crippen LogP contribution in [0.25, 0.3) is 0 Å². The van der Waals surface area contributed by atoms with Gasteiger partial charge in [-0.3, -0.25) is 4.79 Å². The number of nitrogens with zero attached hydrogens (tertiary/aromatic N) is 1. The summed E-state index contributed by atoms with van der Waals surface area (Å²) < 4.78 is 27.4. The van der Waals surface area contributed by atoms with Crippen molar-refractivity contribution in [1.82, 2.24) is 4.31 Å². The van der Waals surface area contributed by atoms with Gasteiger partial charge in [-0.25, -0.2) is 8.42 Å². The van der Waals surface area contributed by atoms with Crippen molar-refractivity contribution in [3.63, 3.8) is 0 Å². The van der Waals surface area contributed by atoms with Gasteiger partial charge in [0.1, 0.15) is 0 Å². The maximum absolute atomic E-state index is 13.0. The molecule has 1 saturated heterocycles. The van der Waals surface area contributed by atoms with Crippen LogP contribution in [0.1, 0.15) is 30.9 Å². The van der Waals surface area contributed by atoms with Crippen LogP contribution in [0.3, 0.4) is 0 Å². The van der Waals surface area contributed by atoms with Crippen molar-refractivity contribution in [3.05, 3.63) is 65.7 Å². The lowest BCUT2D eigenvalue weighted by Crippen LogP contribution is -2.39. The molecule has 0 unspecified atom stereocenters. The molecule has 4 nitrogen and oxygen atoms in total. The SMILES string of the molecule is CCc1ccc(S(=O)(=O)N2CCC[C@H]2C(=O)SCCc2ccccc2)cc1. The van der Waals surface area contributed by atoms with Crippen LogP contribution >= 0.6 is 11.8 Å². The Morgan fingerprint density at radius 3 is 2.44 bits per heavy atom. The third-order valence-electron chi connectivity index (χ3n) is 4.89. The van der Waals surface area contributed by atoms with Gasteiger partial charge in [0, 0.05) is 12.3 Å². The van der Waals surface area contributed by atoms with E-state index >= 15 is 0 Å². The van der Waals surface area contributed by atoms with Crippen molar-refractivity contribution in [2.75, 3.05) is 12.3 Å². The molecule has 0 N–H and O–H groups in total. The minimum Gasteiger partial charge on any atom is -0.285 e. The number of benzene rings is 2. The molecule has 0 saturated carbocycles. The van der Waals surface area contributed by atoms with E-state index < -0.39 is 16.1 Å². The lowest BCUT2D eigenvalue weighted by atomic mass is 10.2. The first-order chi connectivity index (χ1) is 13.0. The molecule has 1 atom stereocenters. The third-order valence-corrected chi connectivity index (χ3v) is 7.78. The van der Waals surface area contributed by atoms with Crippen molar-refractivity contribution in [1.29, 1.82) is 0 Å². The maximum Gasteiger partial charge on any atom is 0.243 e. The van der Waals surface area contributed by atoms with E-state index in [0.29, 0.717) is 18.7 Å². The number of rotatable bonds is 7. The highest BCUT2D eigenvalue weighted by molar-refractivity contribution is 8.13. The Kier molecular flexibility index (Phi) is 6.73. The summed E-state index contributed by atoms with van der Waals surface area (Å²) in [5.74, 6) is 0.665. The lowest BCUT2D eigenvalue weighted by Gasteiger charge is -2.23. The highest BCUT2D eigenvalue weighted by Crippen LogP contribution is 2.29. The standard InChI is InChI=1S/C21H25NO3S2/c1-2-17-10-12-19(13-11-17)27(24,25)22-15-6-9-20(22)21(23)26-16-14-18-7-4-3-5-8-18/h3-5,7-8,10-13,20H,2,6,9,14-16H2,1H3/t20-/m0/s1. The topological polar surface area (TPSA) is 54.5 Å². The van der Waals surface area contributed by atoms with Gasteiger partial charge in [-0.15, -0.1) is 0 Å². The molecule has 0 aromatic heterocycles. The third kappa shape index (κ3) is 4.81. The minimum absolute atomic E-state index is 0.0443. The second-order valence-electron chi connectivity index (χ2n) is 6.67. The van der Waals surface area contributed by atoms with E-state index in [1.165, 1.54) is 21.6 Å². The average Bonchev–Trinajstić information content (AvgIpc) is 3.20. The Balaban J connectivity index is 1.65. The van der Waals surface area contributed by atoms with E-state index in [4.69, 9.17) is 0 Å². The number of sulfonamides is 1. The predicted octanol–water partition coefficient (Wildman–Crippen LogP) is 3.90. The molecule has 2 aromatic carbocycles. The van der Waals surface area contributed by atoms with Crippen molar-refractivity contribution in [3.8, 4) is 0 Å². The first-order valence-electron chi connectivity index (χ1n) is 9.33. The Labute approximate surface area is 166 Å². The van der Waals surface area contributed by atoms with Gasteiger partial charge in [-0.05, 0) is 48.9 Å². The summed E-state index contributed by atoms with van der Waals surface area (Å²) in [4.78, 5) is 13.0. The van der Waals surface area contributed by atoms with E-state index in [0.717, 1.165) is 24.8 Å². The van der Waals surface area contributed by atoms with Crippen molar-refractivity contribution >= 4 is 26.9 Å². The largest absolute Gasteiger partial charge is 0.285 e. The fourth-order valence-electron chi connectivity index (χ4n) is 3.31. The molecule has 1 aliphatic heterocycles. The minimum atomic E-state index is -3.64. The summed E-state index contributed by atoms with van der Waals surface area (Å²) in [6.45, 7) is 2.44. The first kappa shape index (κ1) is 20.1. The van der Waals surface area contributed by atoms with Gasteiger partial charge in [0.25, 0.3) is 0 Å². The van der Waals surface area contributed by atoms with Crippen LogP contribution in [0.2, 0.25) is 0 Å². The molecular formula is C21H25NO3S2.